The van der Waals surface area contributed by atoms with Crippen molar-refractivity contribution in [1.82, 2.24) is 25.1 Å². The van der Waals surface area contributed by atoms with Crippen molar-refractivity contribution in [2.24, 2.45) is 5.41 Å². The van der Waals surface area contributed by atoms with Gasteiger partial charge in [-0.05, 0) is 85.4 Å². The Kier molecular flexibility index (Phi) is 7.97. The van der Waals surface area contributed by atoms with E-state index in [2.05, 4.69) is 31.3 Å². The first-order valence-corrected chi connectivity index (χ1v) is 15.8. The lowest BCUT2D eigenvalue weighted by Gasteiger charge is -2.39. The molecule has 0 radical (unpaired) electrons. The Bertz CT molecular complexity index is 1750. The van der Waals surface area contributed by atoms with Gasteiger partial charge >= 0.3 is 5.97 Å². The molecule has 5 heterocycles. The number of nitrogen functional groups attached to an aromatic ring is 1. The van der Waals surface area contributed by atoms with E-state index in [0.717, 1.165) is 54.9 Å². The molecule has 4 aromatic rings. The number of rotatable bonds is 8. The predicted molar refractivity (Wildman–Crippen MR) is 171 cm³/mol. The molecule has 2 fully saturated rings. The van der Waals surface area contributed by atoms with Gasteiger partial charge in [0.15, 0.2) is 6.10 Å². The Hall–Kier alpha value is -4.71. The van der Waals surface area contributed by atoms with Crippen LogP contribution in [0.5, 0.6) is 11.6 Å². The molecular weight excluding hydrogens is 589 g/mol. The summed E-state index contributed by atoms with van der Waals surface area (Å²) in [6.07, 6.45) is 5.11. The zero-order valence-electron chi connectivity index (χ0n) is 25.8. The number of aromatic nitrogens is 4. The van der Waals surface area contributed by atoms with E-state index in [9.17, 15) is 14.3 Å². The molecule has 1 spiro atoms. The lowest BCUT2D eigenvalue weighted by atomic mass is 9.76. The van der Waals surface area contributed by atoms with Gasteiger partial charge in [0, 0.05) is 37.5 Å². The van der Waals surface area contributed by atoms with E-state index in [1.807, 2.05) is 49.5 Å². The van der Waals surface area contributed by atoms with Crippen molar-refractivity contribution in [1.29, 1.82) is 0 Å². The van der Waals surface area contributed by atoms with Crippen molar-refractivity contribution < 1.29 is 23.8 Å². The Morgan fingerprint density at radius 3 is 2.72 bits per heavy atom. The number of carbonyl (C=O) groups is 1. The van der Waals surface area contributed by atoms with Gasteiger partial charge in [-0.1, -0.05) is 18.2 Å². The highest BCUT2D eigenvalue weighted by atomic mass is 19.1. The van der Waals surface area contributed by atoms with Gasteiger partial charge in [-0.15, -0.1) is 0 Å². The van der Waals surface area contributed by atoms with Crippen LogP contribution in [0, 0.1) is 12.3 Å². The number of piperidine rings is 1. The molecule has 11 nitrogen and oxygen atoms in total. The number of halogens is 1. The Morgan fingerprint density at radius 2 is 1.98 bits per heavy atom. The molecule has 240 valence electrons. The van der Waals surface area contributed by atoms with E-state index in [4.69, 9.17) is 15.2 Å². The van der Waals surface area contributed by atoms with Crippen molar-refractivity contribution >= 4 is 17.7 Å². The molecule has 2 saturated heterocycles. The summed E-state index contributed by atoms with van der Waals surface area (Å²) in [6.45, 7) is 3.92. The van der Waals surface area contributed by atoms with Crippen molar-refractivity contribution in [2.75, 3.05) is 43.5 Å². The SMILES string of the molecule is Cc1ccn(-c2cc(-c3ccc4c(c3)CCCO4)ccc2[C@H](CF)Oc2cc(N3CCC4(CC3)CNC(C(=O)O)C4)nc(N)n2)n1. The lowest BCUT2D eigenvalue weighted by Crippen LogP contribution is -2.41. The maximum absolute atomic E-state index is 14.9. The summed E-state index contributed by atoms with van der Waals surface area (Å²) < 4.78 is 28.6. The number of nitrogens with two attached hydrogens (primary N) is 1. The van der Waals surface area contributed by atoms with Gasteiger partial charge in [-0.2, -0.15) is 15.1 Å². The van der Waals surface area contributed by atoms with Gasteiger partial charge in [-0.25, -0.2) is 9.07 Å². The molecule has 2 aromatic carbocycles. The largest absolute Gasteiger partial charge is 0.493 e. The molecule has 3 aliphatic rings. The highest BCUT2D eigenvalue weighted by molar-refractivity contribution is 5.74. The van der Waals surface area contributed by atoms with Crippen LogP contribution < -0.4 is 25.4 Å². The van der Waals surface area contributed by atoms with Crippen LogP contribution in [0.15, 0.2) is 54.7 Å². The number of hydrogen-bond acceptors (Lipinski definition) is 9. The summed E-state index contributed by atoms with van der Waals surface area (Å²) in [7, 11) is 0. The van der Waals surface area contributed by atoms with Crippen molar-refractivity contribution in [3.05, 3.63) is 71.5 Å². The van der Waals surface area contributed by atoms with Crippen molar-refractivity contribution in [2.45, 2.75) is 51.2 Å². The minimum Gasteiger partial charge on any atom is -0.493 e. The zero-order chi connectivity index (χ0) is 31.8. The number of nitrogens with zero attached hydrogens (tertiary/aromatic N) is 5. The number of anilines is 2. The maximum Gasteiger partial charge on any atom is 0.320 e. The fraction of sp³-hybridized carbons (Fsp3) is 0.412. The van der Waals surface area contributed by atoms with Crippen LogP contribution in [0.1, 0.15) is 48.6 Å². The number of fused-ring (bicyclic) bond motifs is 1. The molecule has 0 aliphatic carbocycles. The highest BCUT2D eigenvalue weighted by Gasteiger charge is 2.43. The van der Waals surface area contributed by atoms with Gasteiger partial charge < -0.3 is 30.5 Å². The van der Waals surface area contributed by atoms with Gasteiger partial charge in [0.1, 0.15) is 24.3 Å². The molecule has 0 bridgehead atoms. The second-order valence-corrected chi connectivity index (χ2v) is 12.6. The molecule has 12 heteroatoms. The molecule has 3 aliphatic heterocycles. The summed E-state index contributed by atoms with van der Waals surface area (Å²) in [5, 5.41) is 17.2. The third-order valence-electron chi connectivity index (χ3n) is 9.50. The molecule has 46 heavy (non-hydrogen) atoms. The van der Waals surface area contributed by atoms with E-state index in [1.54, 1.807) is 10.7 Å². The van der Waals surface area contributed by atoms with Crippen LogP contribution in [0.3, 0.4) is 0 Å². The summed E-state index contributed by atoms with van der Waals surface area (Å²) in [5.41, 5.74) is 11.4. The molecule has 0 saturated carbocycles. The number of hydrogen-bond donors (Lipinski definition) is 3. The van der Waals surface area contributed by atoms with E-state index in [0.29, 0.717) is 43.1 Å². The Labute approximate surface area is 266 Å². The second kappa shape index (κ2) is 12.2. The first-order chi connectivity index (χ1) is 22.3. The molecule has 4 N–H and O–H groups in total. The predicted octanol–water partition coefficient (Wildman–Crippen LogP) is 4.67. The quantitative estimate of drug-likeness (QED) is 0.253. The summed E-state index contributed by atoms with van der Waals surface area (Å²) >= 11 is 0. The van der Waals surface area contributed by atoms with E-state index >= 15 is 0 Å². The number of aryl methyl sites for hydroxylation is 2. The smallest absolute Gasteiger partial charge is 0.320 e. The number of carboxylic acid groups (broad SMARTS) is 1. The van der Waals surface area contributed by atoms with Crippen LogP contribution in [-0.2, 0) is 11.2 Å². The standard InChI is InChI=1S/C34H38FN7O4/c1-21-8-11-42(40-21)27-16-23(22-5-7-28-24(15-22)3-2-14-45-28)4-6-25(27)29(19-35)46-31-17-30(38-33(36)39-31)41-12-9-34(10-13-41)18-26(32(43)44)37-20-34/h4-8,11,15-17,26,29,37H,2-3,9-10,12-14,18-20H2,1H3,(H,43,44)(H2,36,38,39)/t26?,29-/m0/s1. The number of aliphatic carboxylic acids is 1. The number of benzene rings is 2. The highest BCUT2D eigenvalue weighted by Crippen LogP contribution is 2.41. The first-order valence-electron chi connectivity index (χ1n) is 15.8. The summed E-state index contributed by atoms with van der Waals surface area (Å²) in [5.74, 6) is 0.941. The van der Waals surface area contributed by atoms with Crippen LogP contribution in [-0.4, -0.2) is 69.8 Å². The Balaban J connectivity index is 1.14. The normalized spacial score (nSPS) is 19.4. The average molecular weight is 628 g/mol. The zero-order valence-corrected chi connectivity index (χ0v) is 25.8. The van der Waals surface area contributed by atoms with Crippen molar-refractivity contribution in [3.63, 3.8) is 0 Å². The van der Waals surface area contributed by atoms with Crippen LogP contribution in [0.4, 0.5) is 16.2 Å². The fourth-order valence-corrected chi connectivity index (χ4v) is 6.94. The summed E-state index contributed by atoms with van der Waals surface area (Å²) in [6, 6.07) is 15.2. The summed E-state index contributed by atoms with van der Waals surface area (Å²) in [4.78, 5) is 22.3. The van der Waals surface area contributed by atoms with Crippen LogP contribution >= 0.6 is 0 Å². The number of alkyl halides is 1. The minimum absolute atomic E-state index is 0.0357. The lowest BCUT2D eigenvalue weighted by molar-refractivity contribution is -0.139. The van der Waals surface area contributed by atoms with E-state index in [-0.39, 0.29) is 17.2 Å². The van der Waals surface area contributed by atoms with Gasteiger partial charge in [-0.3, -0.25) is 4.79 Å². The van der Waals surface area contributed by atoms with Gasteiger partial charge in [0.25, 0.3) is 0 Å². The second-order valence-electron chi connectivity index (χ2n) is 12.6. The van der Waals surface area contributed by atoms with E-state index in [1.165, 1.54) is 5.56 Å². The maximum atomic E-state index is 14.9. The molecule has 1 unspecified atom stereocenters. The van der Waals surface area contributed by atoms with Crippen LogP contribution in [0.2, 0.25) is 0 Å². The number of carboxylic acids is 1. The molecule has 2 aromatic heterocycles. The molecule has 2 atom stereocenters. The number of nitrogens with one attached hydrogen (secondary N) is 1. The monoisotopic (exact) mass is 627 g/mol. The third kappa shape index (κ3) is 5.96. The fourth-order valence-electron chi connectivity index (χ4n) is 6.94. The van der Waals surface area contributed by atoms with E-state index < -0.39 is 24.8 Å². The van der Waals surface area contributed by atoms with Crippen molar-refractivity contribution in [3.8, 4) is 28.4 Å². The molecule has 0 amide bonds. The number of ether oxygens (including phenoxy) is 2. The van der Waals surface area contributed by atoms with Crippen LogP contribution in [0.25, 0.3) is 16.8 Å². The van der Waals surface area contributed by atoms with Gasteiger partial charge in [0.2, 0.25) is 11.8 Å². The minimum atomic E-state index is -0.977. The Morgan fingerprint density at radius 1 is 1.17 bits per heavy atom. The average Bonchev–Trinajstić information content (AvgIpc) is 3.70. The van der Waals surface area contributed by atoms with Gasteiger partial charge in [0.05, 0.1) is 18.0 Å². The molecular formula is C34H38FN7O4. The topological polar surface area (TPSA) is 141 Å². The third-order valence-corrected chi connectivity index (χ3v) is 9.50. The first kappa shape index (κ1) is 30.0. The molecule has 7 rings (SSSR count).